The molecule has 0 fully saturated rings. The Balaban J connectivity index is 0.000000421. The highest BCUT2D eigenvalue weighted by molar-refractivity contribution is 5.68. The van der Waals surface area contributed by atoms with E-state index in [1.54, 1.807) is 0 Å². The van der Waals surface area contributed by atoms with Crippen LogP contribution in [0.25, 0.3) is 0 Å². The van der Waals surface area contributed by atoms with E-state index in [1.165, 1.54) is 11.1 Å². The van der Waals surface area contributed by atoms with Crippen molar-refractivity contribution in [3.05, 3.63) is 71.8 Å². The van der Waals surface area contributed by atoms with Gasteiger partial charge in [-0.05, 0) is 24.1 Å². The van der Waals surface area contributed by atoms with E-state index >= 15 is 0 Å². The van der Waals surface area contributed by atoms with Crippen LogP contribution in [-0.4, -0.2) is 24.2 Å². The van der Waals surface area contributed by atoms with Gasteiger partial charge in [0.2, 0.25) is 0 Å². The van der Waals surface area contributed by atoms with Crippen molar-refractivity contribution in [2.24, 2.45) is 0 Å². The molecule has 2 N–H and O–H groups in total. The number of benzene rings is 2. The number of carboxylic acids is 1. The third-order valence-corrected chi connectivity index (χ3v) is 2.62. The van der Waals surface area contributed by atoms with E-state index in [4.69, 9.17) is 5.11 Å². The predicted molar refractivity (Wildman–Crippen MR) is 93.2 cm³/mol. The number of rotatable bonds is 5. The number of aliphatic carboxylic acids is 1. The normalized spacial score (nSPS) is 8.86. The lowest BCUT2D eigenvalue weighted by Crippen LogP contribution is -2.21. The quantitative estimate of drug-likeness (QED) is 0.878. The molecule has 0 aromatic heterocycles. The van der Waals surface area contributed by atoms with Gasteiger partial charge in [0.15, 0.2) is 0 Å². The lowest BCUT2D eigenvalue weighted by atomic mass is 10.1. The summed E-state index contributed by atoms with van der Waals surface area (Å²) in [6, 6.07) is 21.1. The van der Waals surface area contributed by atoms with Gasteiger partial charge in [-0.2, -0.15) is 0 Å². The smallest absolute Gasteiger partial charge is 0.317 e. The Labute approximate surface area is 134 Å². The summed E-state index contributed by atoms with van der Waals surface area (Å²) in [6.07, 6.45) is 1.03. The summed E-state index contributed by atoms with van der Waals surface area (Å²) in [5.41, 5.74) is 2.74. The van der Waals surface area contributed by atoms with Crippen molar-refractivity contribution in [2.75, 3.05) is 13.1 Å². The van der Waals surface area contributed by atoms with Crippen LogP contribution < -0.4 is 5.32 Å². The van der Waals surface area contributed by atoms with Crippen LogP contribution in [0.1, 0.15) is 31.9 Å². The van der Waals surface area contributed by atoms with E-state index < -0.39 is 5.97 Å². The summed E-state index contributed by atoms with van der Waals surface area (Å²) in [5.74, 6) is -0.804. The molecule has 0 bridgehead atoms. The lowest BCUT2D eigenvalue weighted by Gasteiger charge is -2.00. The highest BCUT2D eigenvalue weighted by atomic mass is 16.4. The van der Waals surface area contributed by atoms with E-state index in [1.807, 2.05) is 20.8 Å². The number of hydrogen-bond donors (Lipinski definition) is 2. The summed E-state index contributed by atoms with van der Waals surface area (Å²) in [4.78, 5) is 9.70. The Morgan fingerprint density at radius 3 is 1.59 bits per heavy atom. The SMILES string of the molecule is CC.CCNCC(=O)O.c1ccc(Cc2ccccc2)cc1. The Morgan fingerprint density at radius 2 is 1.32 bits per heavy atom. The molecule has 2 rings (SSSR count). The summed E-state index contributed by atoms with van der Waals surface area (Å²) in [5, 5.41) is 10.6. The molecule has 3 nitrogen and oxygen atoms in total. The molecule has 22 heavy (non-hydrogen) atoms. The van der Waals surface area contributed by atoms with E-state index in [2.05, 4.69) is 66.0 Å². The van der Waals surface area contributed by atoms with Crippen LogP contribution in [-0.2, 0) is 11.2 Å². The largest absolute Gasteiger partial charge is 0.480 e. The molecule has 0 radical (unpaired) electrons. The van der Waals surface area contributed by atoms with Gasteiger partial charge in [-0.3, -0.25) is 4.79 Å². The first-order valence-corrected chi connectivity index (χ1v) is 7.72. The Hall–Kier alpha value is -2.13. The van der Waals surface area contributed by atoms with Gasteiger partial charge in [-0.25, -0.2) is 0 Å². The molecule has 0 spiro atoms. The summed E-state index contributed by atoms with van der Waals surface area (Å²) < 4.78 is 0. The molecule has 0 heterocycles. The molecule has 0 aliphatic rings. The van der Waals surface area contributed by atoms with Crippen molar-refractivity contribution >= 4 is 5.97 Å². The monoisotopic (exact) mass is 301 g/mol. The zero-order valence-electron chi connectivity index (χ0n) is 13.8. The Morgan fingerprint density at radius 1 is 0.909 bits per heavy atom. The Kier molecular flexibility index (Phi) is 12.5. The average Bonchev–Trinajstić information content (AvgIpc) is 2.57. The van der Waals surface area contributed by atoms with Gasteiger partial charge in [0.1, 0.15) is 0 Å². The zero-order valence-corrected chi connectivity index (χ0v) is 13.8. The topological polar surface area (TPSA) is 49.3 Å². The number of nitrogens with one attached hydrogen (secondary N) is 1. The molecule has 0 unspecified atom stereocenters. The van der Waals surface area contributed by atoms with Crippen LogP contribution in [0.2, 0.25) is 0 Å². The van der Waals surface area contributed by atoms with Crippen LogP contribution in [0.5, 0.6) is 0 Å². The van der Waals surface area contributed by atoms with Gasteiger partial charge in [-0.1, -0.05) is 81.4 Å². The molecule has 3 heteroatoms. The third kappa shape index (κ3) is 10.6. The maximum absolute atomic E-state index is 9.70. The minimum absolute atomic E-state index is 0.0660. The van der Waals surface area contributed by atoms with Crippen LogP contribution in [0.15, 0.2) is 60.7 Å². The second-order valence-electron chi connectivity index (χ2n) is 4.32. The van der Waals surface area contributed by atoms with Gasteiger partial charge in [0.05, 0.1) is 6.54 Å². The van der Waals surface area contributed by atoms with Gasteiger partial charge in [-0.15, -0.1) is 0 Å². The maximum atomic E-state index is 9.70. The Bertz CT molecular complexity index is 446. The second kappa shape index (κ2) is 13.8. The van der Waals surface area contributed by atoms with E-state index in [-0.39, 0.29) is 6.54 Å². The maximum Gasteiger partial charge on any atom is 0.317 e. The molecule has 2 aromatic carbocycles. The van der Waals surface area contributed by atoms with E-state index in [0.717, 1.165) is 6.42 Å². The van der Waals surface area contributed by atoms with Crippen molar-refractivity contribution < 1.29 is 9.90 Å². The minimum Gasteiger partial charge on any atom is -0.480 e. The fourth-order valence-electron chi connectivity index (χ4n) is 1.66. The van der Waals surface area contributed by atoms with E-state index in [9.17, 15) is 4.79 Å². The van der Waals surface area contributed by atoms with Crippen LogP contribution in [0.4, 0.5) is 0 Å². The van der Waals surface area contributed by atoms with Crippen molar-refractivity contribution in [3.8, 4) is 0 Å². The van der Waals surface area contributed by atoms with Crippen LogP contribution in [0, 0.1) is 0 Å². The first kappa shape index (κ1) is 19.9. The fourth-order valence-corrected chi connectivity index (χ4v) is 1.66. The molecular weight excluding hydrogens is 274 g/mol. The van der Waals surface area contributed by atoms with Gasteiger partial charge in [0.25, 0.3) is 0 Å². The molecule has 0 aliphatic heterocycles. The summed E-state index contributed by atoms with van der Waals surface area (Å²) in [7, 11) is 0. The van der Waals surface area contributed by atoms with Gasteiger partial charge >= 0.3 is 5.97 Å². The first-order valence-electron chi connectivity index (χ1n) is 7.72. The molecule has 0 amide bonds. The van der Waals surface area contributed by atoms with Gasteiger partial charge in [0, 0.05) is 0 Å². The molecule has 0 aliphatic carbocycles. The predicted octanol–water partition coefficient (Wildman–Crippen LogP) is 3.98. The molecule has 0 saturated heterocycles. The number of hydrogen-bond acceptors (Lipinski definition) is 2. The molecule has 0 atom stereocenters. The molecule has 120 valence electrons. The first-order chi connectivity index (χ1) is 10.7. The second-order valence-corrected chi connectivity index (χ2v) is 4.32. The summed E-state index contributed by atoms with van der Waals surface area (Å²) >= 11 is 0. The minimum atomic E-state index is -0.804. The average molecular weight is 301 g/mol. The lowest BCUT2D eigenvalue weighted by molar-refractivity contribution is -0.135. The standard InChI is InChI=1S/C13H12.C4H9NO2.C2H6/c1-3-7-12(8-4-1)11-13-9-5-2-6-10-13;1-2-5-3-4(6)7;1-2/h1-10H,11H2;5H,2-3H2,1H3,(H,6,7);1-2H3. The molecule has 0 saturated carbocycles. The van der Waals surface area contributed by atoms with E-state index in [0.29, 0.717) is 6.54 Å². The molecule has 2 aromatic rings. The number of carboxylic acid groups (broad SMARTS) is 1. The van der Waals surface area contributed by atoms with Gasteiger partial charge < -0.3 is 10.4 Å². The van der Waals surface area contributed by atoms with Crippen LogP contribution in [0.3, 0.4) is 0 Å². The molecular formula is C19H27NO2. The third-order valence-electron chi connectivity index (χ3n) is 2.62. The van der Waals surface area contributed by atoms with Crippen molar-refractivity contribution in [2.45, 2.75) is 27.2 Å². The highest BCUT2D eigenvalue weighted by Gasteiger charge is 1.92. The fraction of sp³-hybridized carbons (Fsp3) is 0.316. The van der Waals surface area contributed by atoms with Crippen molar-refractivity contribution in [1.82, 2.24) is 5.32 Å². The zero-order chi connectivity index (χ0) is 16.6. The number of carbonyl (C=O) groups is 1. The van der Waals surface area contributed by atoms with Crippen molar-refractivity contribution in [3.63, 3.8) is 0 Å². The highest BCUT2D eigenvalue weighted by Crippen LogP contribution is 2.07. The van der Waals surface area contributed by atoms with Crippen LogP contribution >= 0.6 is 0 Å². The van der Waals surface area contributed by atoms with Crippen molar-refractivity contribution in [1.29, 1.82) is 0 Å². The number of likely N-dealkylation sites (N-methyl/N-ethyl adjacent to an activating group) is 1. The summed E-state index contributed by atoms with van der Waals surface area (Å²) in [6.45, 7) is 6.64.